The van der Waals surface area contributed by atoms with Gasteiger partial charge in [0.1, 0.15) is 6.04 Å². The van der Waals surface area contributed by atoms with Crippen LogP contribution in [0.3, 0.4) is 0 Å². The fourth-order valence-corrected chi connectivity index (χ4v) is 3.45. The molecular weight excluding hydrogens is 318 g/mol. The van der Waals surface area contributed by atoms with Crippen LogP contribution in [-0.4, -0.2) is 45.2 Å². The number of aryl methyl sites for hydroxylation is 2. The molecule has 1 saturated heterocycles. The molecule has 0 radical (unpaired) electrons. The molecule has 3 amide bonds. The van der Waals surface area contributed by atoms with Crippen molar-refractivity contribution >= 4 is 11.9 Å². The number of likely N-dealkylation sites (tertiary alicyclic amines) is 1. The lowest BCUT2D eigenvalue weighted by molar-refractivity contribution is -0.136. The van der Waals surface area contributed by atoms with Crippen molar-refractivity contribution < 1.29 is 9.59 Å². The normalized spacial score (nSPS) is 18.8. The molecule has 2 unspecified atom stereocenters. The number of carbonyl (C=O) groups excluding carboxylic acids is 2. The van der Waals surface area contributed by atoms with E-state index in [2.05, 4.69) is 22.7 Å². The predicted octanol–water partition coefficient (Wildman–Crippen LogP) is 2.11. The highest BCUT2D eigenvalue weighted by molar-refractivity contribution is 5.87. The van der Waals surface area contributed by atoms with Crippen molar-refractivity contribution in [2.75, 3.05) is 6.54 Å². The van der Waals surface area contributed by atoms with Gasteiger partial charge in [-0.25, -0.2) is 4.79 Å². The second-order valence-electron chi connectivity index (χ2n) is 6.89. The molecule has 0 aliphatic carbocycles. The second-order valence-corrected chi connectivity index (χ2v) is 6.89. The number of nitrogens with one attached hydrogen (secondary N) is 2. The minimum Gasteiger partial charge on any atom is -0.338 e. The molecular formula is C18H31N5O2. The van der Waals surface area contributed by atoms with Gasteiger partial charge in [0.15, 0.2) is 0 Å². The van der Waals surface area contributed by atoms with E-state index < -0.39 is 6.04 Å². The number of aromatic nitrogens is 2. The summed E-state index contributed by atoms with van der Waals surface area (Å²) < 4.78 is 1.92. The first kappa shape index (κ1) is 19.3. The van der Waals surface area contributed by atoms with Crippen molar-refractivity contribution in [2.45, 2.75) is 79.1 Å². The Morgan fingerprint density at radius 2 is 2.04 bits per heavy atom. The van der Waals surface area contributed by atoms with Crippen LogP contribution in [0, 0.1) is 13.8 Å². The van der Waals surface area contributed by atoms with E-state index in [1.54, 1.807) is 6.92 Å². The summed E-state index contributed by atoms with van der Waals surface area (Å²) in [4.78, 5) is 26.6. The number of carbonyl (C=O) groups is 2. The van der Waals surface area contributed by atoms with E-state index >= 15 is 0 Å². The summed E-state index contributed by atoms with van der Waals surface area (Å²) in [5.74, 6) is -0.00601. The van der Waals surface area contributed by atoms with Crippen molar-refractivity contribution in [1.82, 2.24) is 25.3 Å². The molecule has 1 aliphatic heterocycles. The Kier molecular flexibility index (Phi) is 6.45. The van der Waals surface area contributed by atoms with Gasteiger partial charge in [-0.15, -0.1) is 0 Å². The van der Waals surface area contributed by atoms with Crippen LogP contribution >= 0.6 is 0 Å². The Bertz CT molecular complexity index is 625. The smallest absolute Gasteiger partial charge is 0.315 e. The van der Waals surface area contributed by atoms with E-state index in [1.165, 1.54) is 0 Å². The van der Waals surface area contributed by atoms with E-state index in [9.17, 15) is 9.59 Å². The molecule has 1 fully saturated rings. The summed E-state index contributed by atoms with van der Waals surface area (Å²) in [5.41, 5.74) is 3.01. The van der Waals surface area contributed by atoms with Gasteiger partial charge in [-0.05, 0) is 53.9 Å². The van der Waals surface area contributed by atoms with Crippen LogP contribution in [0.15, 0.2) is 0 Å². The zero-order chi connectivity index (χ0) is 18.6. The fourth-order valence-electron chi connectivity index (χ4n) is 3.45. The molecule has 2 heterocycles. The van der Waals surface area contributed by atoms with Crippen LogP contribution in [-0.2, 0) is 17.9 Å². The van der Waals surface area contributed by atoms with Gasteiger partial charge in [-0.1, -0.05) is 0 Å². The number of rotatable bonds is 5. The lowest BCUT2D eigenvalue weighted by atomic mass is 10.0. The number of nitrogens with zero attached hydrogens (tertiary/aromatic N) is 3. The quantitative estimate of drug-likeness (QED) is 0.854. The third-order valence-corrected chi connectivity index (χ3v) is 5.06. The van der Waals surface area contributed by atoms with Crippen LogP contribution in [0.1, 0.15) is 57.0 Å². The Hall–Kier alpha value is -2.05. The van der Waals surface area contributed by atoms with Gasteiger partial charge in [-0.2, -0.15) is 5.10 Å². The average Bonchev–Trinajstić information content (AvgIpc) is 2.86. The summed E-state index contributed by atoms with van der Waals surface area (Å²) in [7, 11) is 0. The van der Waals surface area contributed by atoms with E-state index in [4.69, 9.17) is 0 Å². The maximum atomic E-state index is 12.5. The van der Waals surface area contributed by atoms with Crippen LogP contribution in [0.2, 0.25) is 0 Å². The molecule has 7 nitrogen and oxygen atoms in total. The van der Waals surface area contributed by atoms with E-state index in [-0.39, 0.29) is 18.0 Å². The predicted molar refractivity (Wildman–Crippen MR) is 97.2 cm³/mol. The third kappa shape index (κ3) is 4.52. The number of amides is 3. The van der Waals surface area contributed by atoms with Gasteiger partial charge < -0.3 is 15.5 Å². The van der Waals surface area contributed by atoms with Crippen LogP contribution in [0.5, 0.6) is 0 Å². The number of urea groups is 1. The summed E-state index contributed by atoms with van der Waals surface area (Å²) in [6.45, 7) is 11.8. The lowest BCUT2D eigenvalue weighted by Crippen LogP contribution is -2.53. The van der Waals surface area contributed by atoms with Gasteiger partial charge in [-0.3, -0.25) is 9.48 Å². The number of hydrogen-bond donors (Lipinski definition) is 2. The van der Waals surface area contributed by atoms with Gasteiger partial charge in [0.2, 0.25) is 5.91 Å². The first-order chi connectivity index (χ1) is 11.8. The standard InChI is InChI=1S/C18H31N5O2/c1-6-23-15(5)16(13(3)21-23)11-19-18(25)20-14(4)17(24)22-10-8-7-9-12(22)2/h12,14H,6-11H2,1-5H3,(H2,19,20,25). The van der Waals surface area contributed by atoms with Gasteiger partial charge in [0.05, 0.1) is 5.69 Å². The van der Waals surface area contributed by atoms with Gasteiger partial charge in [0, 0.05) is 36.9 Å². The van der Waals surface area contributed by atoms with E-state index in [0.717, 1.165) is 49.3 Å². The number of piperidine rings is 1. The second kappa shape index (κ2) is 8.36. The first-order valence-electron chi connectivity index (χ1n) is 9.22. The minimum atomic E-state index is -0.527. The van der Waals surface area contributed by atoms with E-state index in [1.807, 2.05) is 30.4 Å². The molecule has 25 heavy (non-hydrogen) atoms. The zero-order valence-corrected chi connectivity index (χ0v) is 16.1. The molecule has 140 valence electrons. The summed E-state index contributed by atoms with van der Waals surface area (Å²) in [5, 5.41) is 10.1. The molecule has 0 spiro atoms. The Morgan fingerprint density at radius 1 is 1.32 bits per heavy atom. The van der Waals surface area contributed by atoms with Crippen molar-refractivity contribution in [1.29, 1.82) is 0 Å². The molecule has 2 rings (SSSR count). The Morgan fingerprint density at radius 3 is 2.64 bits per heavy atom. The van der Waals surface area contributed by atoms with Gasteiger partial charge in [0.25, 0.3) is 0 Å². The number of hydrogen-bond acceptors (Lipinski definition) is 3. The van der Waals surface area contributed by atoms with Crippen molar-refractivity contribution in [3.63, 3.8) is 0 Å². The highest BCUT2D eigenvalue weighted by Crippen LogP contribution is 2.17. The van der Waals surface area contributed by atoms with Gasteiger partial charge >= 0.3 is 6.03 Å². The minimum absolute atomic E-state index is 0.00601. The molecule has 0 saturated carbocycles. The van der Waals surface area contributed by atoms with E-state index in [0.29, 0.717) is 6.54 Å². The highest BCUT2D eigenvalue weighted by Gasteiger charge is 2.27. The Labute approximate surface area is 150 Å². The average molecular weight is 349 g/mol. The fraction of sp³-hybridized carbons (Fsp3) is 0.722. The zero-order valence-electron chi connectivity index (χ0n) is 16.1. The molecule has 2 atom stereocenters. The monoisotopic (exact) mass is 349 g/mol. The molecule has 7 heteroatoms. The highest BCUT2D eigenvalue weighted by atomic mass is 16.2. The molecule has 1 aromatic heterocycles. The topological polar surface area (TPSA) is 79.3 Å². The summed E-state index contributed by atoms with van der Waals surface area (Å²) in [6, 6.07) is -0.603. The van der Waals surface area contributed by atoms with Crippen LogP contribution in [0.25, 0.3) is 0 Å². The van der Waals surface area contributed by atoms with Crippen LogP contribution < -0.4 is 10.6 Å². The maximum absolute atomic E-state index is 12.5. The maximum Gasteiger partial charge on any atom is 0.315 e. The summed E-state index contributed by atoms with van der Waals surface area (Å²) >= 11 is 0. The largest absolute Gasteiger partial charge is 0.338 e. The molecule has 1 aliphatic rings. The van der Waals surface area contributed by atoms with Crippen molar-refractivity contribution in [3.8, 4) is 0 Å². The molecule has 1 aromatic rings. The first-order valence-corrected chi connectivity index (χ1v) is 9.22. The molecule has 0 aromatic carbocycles. The van der Waals surface area contributed by atoms with Crippen molar-refractivity contribution in [2.24, 2.45) is 0 Å². The van der Waals surface area contributed by atoms with Crippen molar-refractivity contribution in [3.05, 3.63) is 17.0 Å². The SMILES string of the molecule is CCn1nc(C)c(CNC(=O)NC(C)C(=O)N2CCCCC2C)c1C. The molecule has 0 bridgehead atoms. The van der Waals surface area contributed by atoms with Crippen LogP contribution in [0.4, 0.5) is 4.79 Å². The lowest BCUT2D eigenvalue weighted by Gasteiger charge is -2.35. The summed E-state index contributed by atoms with van der Waals surface area (Å²) in [6.07, 6.45) is 3.23. The third-order valence-electron chi connectivity index (χ3n) is 5.06. The Balaban J connectivity index is 1.87. The molecule has 2 N–H and O–H groups in total.